The van der Waals surface area contributed by atoms with Gasteiger partial charge in [-0.05, 0) is 67.6 Å². The van der Waals surface area contributed by atoms with Crippen LogP contribution in [0, 0.1) is 5.82 Å². The molecule has 1 aromatic carbocycles. The molecule has 0 atom stereocenters. The number of sulfonamides is 1. The van der Waals surface area contributed by atoms with Crippen LogP contribution in [0.5, 0.6) is 0 Å². The molecule has 1 aliphatic heterocycles. The number of halogens is 4. The van der Waals surface area contributed by atoms with E-state index in [0.717, 1.165) is 37.5 Å². The summed E-state index contributed by atoms with van der Waals surface area (Å²) in [7, 11) is -4.32. The van der Waals surface area contributed by atoms with Gasteiger partial charge in [0.25, 0.3) is 10.0 Å². The van der Waals surface area contributed by atoms with Crippen LogP contribution in [-0.2, 0) is 22.6 Å². The summed E-state index contributed by atoms with van der Waals surface area (Å²) >= 11 is 0. The molecule has 204 valence electrons. The number of nitrogens with one attached hydrogen (secondary N) is 1. The number of aromatic nitrogens is 2. The van der Waals surface area contributed by atoms with Crippen molar-refractivity contribution in [1.29, 1.82) is 0 Å². The fourth-order valence-electron chi connectivity index (χ4n) is 4.43. The standard InChI is InChI=1S/C26H28F4N4O3S/c27-19-11-10-18-7-3-1-2-4-14-34(15-6-16-35)23-8-5-9-24(32-23)38(36,37)33-22-13-12-21(26(28,29)30)25(31-22)20(18)17-19/h5,8-13,17,35H,1-4,6-7,14-16H2,(H,31,33). The zero-order chi connectivity index (χ0) is 27.3. The molecule has 7 nitrogen and oxygen atoms in total. The molecule has 0 amide bonds. The van der Waals surface area contributed by atoms with Gasteiger partial charge < -0.3 is 10.0 Å². The molecule has 0 unspecified atom stereocenters. The molecule has 12 heteroatoms. The molecular formula is C26H28F4N4O3S. The molecule has 4 rings (SSSR count). The summed E-state index contributed by atoms with van der Waals surface area (Å²) in [4.78, 5) is 10.2. The normalized spacial score (nSPS) is 16.3. The molecule has 0 saturated carbocycles. The highest BCUT2D eigenvalue weighted by atomic mass is 32.2. The summed E-state index contributed by atoms with van der Waals surface area (Å²) in [5.41, 5.74) is -1.18. The third kappa shape index (κ3) is 6.60. The van der Waals surface area contributed by atoms with E-state index < -0.39 is 33.3 Å². The van der Waals surface area contributed by atoms with Gasteiger partial charge in [-0.2, -0.15) is 21.6 Å². The van der Waals surface area contributed by atoms with E-state index in [1.165, 1.54) is 24.3 Å². The van der Waals surface area contributed by atoms with Crippen LogP contribution in [0.3, 0.4) is 0 Å². The summed E-state index contributed by atoms with van der Waals surface area (Å²) in [5.74, 6) is -0.661. The lowest BCUT2D eigenvalue weighted by Crippen LogP contribution is -2.28. The summed E-state index contributed by atoms with van der Waals surface area (Å²) in [6.07, 6.45) is -0.893. The maximum atomic E-state index is 14.2. The Bertz CT molecular complexity index is 1380. The van der Waals surface area contributed by atoms with Gasteiger partial charge in [-0.15, -0.1) is 0 Å². The molecule has 38 heavy (non-hydrogen) atoms. The Hall–Kier alpha value is -3.25. The van der Waals surface area contributed by atoms with Crippen LogP contribution in [0.1, 0.15) is 43.2 Å². The predicted molar refractivity (Wildman–Crippen MR) is 136 cm³/mol. The number of pyridine rings is 2. The maximum absolute atomic E-state index is 14.2. The number of aliphatic hydroxyl groups is 1. The minimum atomic E-state index is -4.80. The minimum Gasteiger partial charge on any atom is -0.396 e. The van der Waals surface area contributed by atoms with Crippen LogP contribution in [0.4, 0.5) is 29.2 Å². The van der Waals surface area contributed by atoms with Crippen molar-refractivity contribution in [3.63, 3.8) is 0 Å². The molecule has 1 aliphatic rings. The number of fused-ring (bicyclic) bond motifs is 6. The Morgan fingerprint density at radius 2 is 1.79 bits per heavy atom. The number of aryl methyl sites for hydroxylation is 1. The second kappa shape index (κ2) is 11.6. The lowest BCUT2D eigenvalue weighted by molar-refractivity contribution is -0.137. The van der Waals surface area contributed by atoms with Crippen LogP contribution < -0.4 is 9.62 Å². The van der Waals surface area contributed by atoms with Gasteiger partial charge in [-0.3, -0.25) is 4.72 Å². The first kappa shape index (κ1) is 27.8. The molecule has 0 saturated heterocycles. The van der Waals surface area contributed by atoms with E-state index >= 15 is 0 Å². The molecular weight excluding hydrogens is 524 g/mol. The highest BCUT2D eigenvalue weighted by molar-refractivity contribution is 7.92. The lowest BCUT2D eigenvalue weighted by Gasteiger charge is -2.24. The third-order valence-electron chi connectivity index (χ3n) is 6.29. The smallest absolute Gasteiger partial charge is 0.396 e. The first-order valence-electron chi connectivity index (χ1n) is 12.3. The molecule has 4 bridgehead atoms. The van der Waals surface area contributed by atoms with Crippen molar-refractivity contribution >= 4 is 21.7 Å². The van der Waals surface area contributed by atoms with E-state index in [-0.39, 0.29) is 23.0 Å². The van der Waals surface area contributed by atoms with E-state index in [1.54, 1.807) is 6.07 Å². The Labute approximate surface area is 218 Å². The maximum Gasteiger partial charge on any atom is 0.418 e. The highest BCUT2D eigenvalue weighted by Crippen LogP contribution is 2.39. The van der Waals surface area contributed by atoms with Crippen LogP contribution in [0.2, 0.25) is 0 Å². The average molecular weight is 553 g/mol. The Morgan fingerprint density at radius 1 is 1.00 bits per heavy atom. The number of hydrogen-bond acceptors (Lipinski definition) is 6. The largest absolute Gasteiger partial charge is 0.418 e. The van der Waals surface area contributed by atoms with Gasteiger partial charge >= 0.3 is 6.18 Å². The Balaban J connectivity index is 1.83. The van der Waals surface area contributed by atoms with E-state index in [4.69, 9.17) is 0 Å². The van der Waals surface area contributed by atoms with Gasteiger partial charge in [0, 0.05) is 25.3 Å². The van der Waals surface area contributed by atoms with Crippen molar-refractivity contribution in [2.24, 2.45) is 0 Å². The van der Waals surface area contributed by atoms with Gasteiger partial charge in [0.05, 0.1) is 11.3 Å². The highest BCUT2D eigenvalue weighted by Gasteiger charge is 2.35. The minimum absolute atomic E-state index is 0.0296. The van der Waals surface area contributed by atoms with Crippen molar-refractivity contribution in [3.8, 4) is 11.3 Å². The second-order valence-electron chi connectivity index (χ2n) is 9.06. The van der Waals surface area contributed by atoms with E-state index in [2.05, 4.69) is 14.7 Å². The van der Waals surface area contributed by atoms with Crippen LogP contribution >= 0.6 is 0 Å². The van der Waals surface area contributed by atoms with Gasteiger partial charge in [0.15, 0.2) is 5.03 Å². The molecule has 2 N–H and O–H groups in total. The summed E-state index contributed by atoms with van der Waals surface area (Å²) in [6, 6.07) is 9.79. The number of anilines is 2. The molecule has 0 radical (unpaired) electrons. The molecule has 2 aromatic heterocycles. The van der Waals surface area contributed by atoms with Crippen molar-refractivity contribution in [1.82, 2.24) is 9.97 Å². The van der Waals surface area contributed by atoms with Crippen molar-refractivity contribution < 1.29 is 31.1 Å². The average Bonchev–Trinajstić information content (AvgIpc) is 2.87. The van der Waals surface area contributed by atoms with Crippen molar-refractivity contribution in [2.75, 3.05) is 29.3 Å². The van der Waals surface area contributed by atoms with E-state index in [9.17, 15) is 31.1 Å². The summed E-state index contributed by atoms with van der Waals surface area (Å²) < 4.78 is 84.6. The van der Waals surface area contributed by atoms with E-state index in [0.29, 0.717) is 43.7 Å². The SMILES string of the molecule is O=S1(=O)Nc2ccc(C(F)(F)F)c(n2)-c2cc(F)ccc2CCCCCCN(CCCO)c2cccc1n2. The monoisotopic (exact) mass is 552 g/mol. The van der Waals surface area contributed by atoms with Gasteiger partial charge in [-0.1, -0.05) is 25.0 Å². The number of benzene rings is 1. The molecule has 3 aromatic rings. The van der Waals surface area contributed by atoms with Crippen LogP contribution in [-0.4, -0.2) is 43.2 Å². The van der Waals surface area contributed by atoms with Crippen LogP contribution in [0.15, 0.2) is 53.6 Å². The molecule has 0 fully saturated rings. The fourth-order valence-corrected chi connectivity index (χ4v) is 5.40. The van der Waals surface area contributed by atoms with Crippen molar-refractivity contribution in [2.45, 2.75) is 49.7 Å². The number of rotatable bonds is 3. The van der Waals surface area contributed by atoms with E-state index in [1.807, 2.05) is 4.90 Å². The Kier molecular flexibility index (Phi) is 8.51. The zero-order valence-corrected chi connectivity index (χ0v) is 21.3. The first-order chi connectivity index (χ1) is 18.1. The second-order valence-corrected chi connectivity index (χ2v) is 10.7. The zero-order valence-electron chi connectivity index (χ0n) is 20.5. The predicted octanol–water partition coefficient (Wildman–Crippen LogP) is 5.41. The molecule has 0 spiro atoms. The van der Waals surface area contributed by atoms with Gasteiger partial charge in [0.1, 0.15) is 17.5 Å². The van der Waals surface area contributed by atoms with Gasteiger partial charge in [0.2, 0.25) is 0 Å². The molecule has 0 aliphatic carbocycles. The number of aliphatic hydroxyl groups excluding tert-OH is 1. The first-order valence-corrected chi connectivity index (χ1v) is 13.8. The van der Waals surface area contributed by atoms with Crippen molar-refractivity contribution in [3.05, 3.63) is 65.5 Å². The van der Waals surface area contributed by atoms with Crippen LogP contribution in [0.25, 0.3) is 11.3 Å². The topological polar surface area (TPSA) is 95.4 Å². The number of hydrogen-bond donors (Lipinski definition) is 2. The number of alkyl halides is 3. The summed E-state index contributed by atoms with van der Waals surface area (Å²) in [5, 5.41) is 8.97. The number of nitrogens with zero attached hydrogens (tertiary/aromatic N) is 3. The fraction of sp³-hybridized carbons (Fsp3) is 0.385. The quantitative estimate of drug-likeness (QED) is 0.422. The Morgan fingerprint density at radius 3 is 2.55 bits per heavy atom. The molecule has 3 heterocycles. The lowest BCUT2D eigenvalue weighted by atomic mass is 9.95. The summed E-state index contributed by atoms with van der Waals surface area (Å²) in [6.45, 7) is 1.03. The van der Waals surface area contributed by atoms with Gasteiger partial charge in [-0.25, -0.2) is 14.4 Å². The third-order valence-corrected chi connectivity index (χ3v) is 7.54.